The third-order valence-corrected chi connectivity index (χ3v) is 5.63. The maximum absolute atomic E-state index is 10.9. The Hall–Kier alpha value is -0.380. The molecule has 24 heavy (non-hydrogen) atoms. The van der Waals surface area contributed by atoms with Gasteiger partial charge in [0.25, 0.3) is 0 Å². The van der Waals surface area contributed by atoms with Crippen LogP contribution < -0.4 is 10.5 Å². The number of aromatic hydroxyl groups is 1. The number of carboxylic acids is 1. The summed E-state index contributed by atoms with van der Waals surface area (Å²) in [6.45, 7) is 0. The van der Waals surface area contributed by atoms with E-state index in [0.717, 1.165) is 0 Å². The molecule has 0 radical (unpaired) electrons. The van der Waals surface area contributed by atoms with Gasteiger partial charge in [0.1, 0.15) is 29.4 Å². The monoisotopic (exact) mass is 667 g/mol. The Kier molecular flexibility index (Phi) is 6.92. The van der Waals surface area contributed by atoms with E-state index in [1.807, 2.05) is 67.8 Å². The largest absolute Gasteiger partial charge is 0.506 e. The Morgan fingerprint density at radius 2 is 1.67 bits per heavy atom. The quantitative estimate of drug-likeness (QED) is 0.364. The van der Waals surface area contributed by atoms with Gasteiger partial charge >= 0.3 is 5.97 Å². The number of phenolic OH excluding ortho intramolecular Hbond substituents is 1. The van der Waals surface area contributed by atoms with Crippen molar-refractivity contribution in [3.63, 3.8) is 0 Å². The van der Waals surface area contributed by atoms with Crippen molar-refractivity contribution in [3.05, 3.63) is 46.6 Å². The Morgan fingerprint density at radius 3 is 2.17 bits per heavy atom. The van der Waals surface area contributed by atoms with E-state index in [4.69, 9.17) is 15.6 Å². The predicted octanol–water partition coefficient (Wildman–Crippen LogP) is 3.44. The van der Waals surface area contributed by atoms with E-state index in [0.29, 0.717) is 27.8 Å². The van der Waals surface area contributed by atoms with Crippen molar-refractivity contribution in [2.45, 2.75) is 12.1 Å². The molecule has 5 N–H and O–H groups in total. The number of phenols is 1. The fourth-order valence-electron chi connectivity index (χ4n) is 1.85. The number of hydrogen-bond acceptors (Lipinski definition) is 5. The minimum absolute atomic E-state index is 0.208. The highest BCUT2D eigenvalue weighted by atomic mass is 127. The van der Waals surface area contributed by atoms with Crippen molar-refractivity contribution in [3.8, 4) is 17.2 Å². The van der Waals surface area contributed by atoms with Crippen LogP contribution in [0, 0.1) is 10.7 Å². The number of aliphatic carboxylic acids is 1. The molecule has 0 aliphatic rings. The molecule has 0 saturated carbocycles. The SMILES string of the molecule is NC(C(=O)O)C(O)c1ccc(Oc2cc(I)c(O)c(I)c2)c(I)c1. The van der Waals surface area contributed by atoms with Gasteiger partial charge in [-0.25, -0.2) is 0 Å². The van der Waals surface area contributed by atoms with Crippen molar-refractivity contribution in [1.29, 1.82) is 0 Å². The molecule has 6 nitrogen and oxygen atoms in total. The van der Waals surface area contributed by atoms with E-state index in [2.05, 4.69) is 0 Å². The number of carbonyl (C=O) groups is 1. The Bertz CT molecular complexity index is 761. The van der Waals surface area contributed by atoms with Gasteiger partial charge in [-0.15, -0.1) is 0 Å². The topological polar surface area (TPSA) is 113 Å². The maximum atomic E-state index is 10.9. The lowest BCUT2D eigenvalue weighted by molar-refractivity contribution is -0.141. The number of benzene rings is 2. The van der Waals surface area contributed by atoms with Crippen molar-refractivity contribution < 1.29 is 24.9 Å². The van der Waals surface area contributed by atoms with Gasteiger partial charge in [-0.3, -0.25) is 4.79 Å². The summed E-state index contributed by atoms with van der Waals surface area (Å²) in [7, 11) is 0. The fourth-order valence-corrected chi connectivity index (χ4v) is 4.21. The molecule has 2 aromatic carbocycles. The van der Waals surface area contributed by atoms with Crippen LogP contribution >= 0.6 is 67.8 Å². The highest BCUT2D eigenvalue weighted by Crippen LogP contribution is 2.35. The van der Waals surface area contributed by atoms with E-state index in [1.165, 1.54) is 0 Å². The third kappa shape index (κ3) is 4.62. The zero-order chi connectivity index (χ0) is 18.0. The second-order valence-corrected chi connectivity index (χ2v) is 8.32. The summed E-state index contributed by atoms with van der Waals surface area (Å²) >= 11 is 6.06. The normalized spacial score (nSPS) is 13.4. The number of carboxylic acid groups (broad SMARTS) is 1. The number of halogens is 3. The van der Waals surface area contributed by atoms with Crippen molar-refractivity contribution in [1.82, 2.24) is 0 Å². The molecule has 9 heteroatoms. The molecule has 0 spiro atoms. The van der Waals surface area contributed by atoms with Crippen LogP contribution in [0.4, 0.5) is 0 Å². The first-order valence-electron chi connectivity index (χ1n) is 6.52. The molecular formula is C15H12I3NO5. The first-order chi connectivity index (χ1) is 11.2. The summed E-state index contributed by atoms with van der Waals surface area (Å²) in [5.74, 6) is 0.0493. The summed E-state index contributed by atoms with van der Waals surface area (Å²) in [6, 6.07) is 6.85. The number of aliphatic hydroxyl groups excluding tert-OH is 1. The van der Waals surface area contributed by atoms with E-state index in [9.17, 15) is 15.0 Å². The summed E-state index contributed by atoms with van der Waals surface area (Å²) in [5.41, 5.74) is 5.84. The molecule has 2 rings (SSSR count). The second kappa shape index (κ2) is 8.33. The smallest absolute Gasteiger partial charge is 0.323 e. The standard InChI is InChI=1S/C15H12I3NO5/c16-8-3-6(13(20)12(19)15(22)23)1-2-11(8)24-7-4-9(17)14(21)10(18)5-7/h1-5,12-13,20-21H,19H2,(H,22,23). The summed E-state index contributed by atoms with van der Waals surface area (Å²) < 4.78 is 7.85. The van der Waals surface area contributed by atoms with E-state index in [-0.39, 0.29) is 5.75 Å². The zero-order valence-corrected chi connectivity index (χ0v) is 18.4. The molecule has 128 valence electrons. The lowest BCUT2D eigenvalue weighted by Gasteiger charge is -2.17. The van der Waals surface area contributed by atoms with Gasteiger partial charge in [0.2, 0.25) is 0 Å². The van der Waals surface area contributed by atoms with Gasteiger partial charge in [0.15, 0.2) is 0 Å². The van der Waals surface area contributed by atoms with Gasteiger partial charge in [-0.1, -0.05) is 6.07 Å². The van der Waals surface area contributed by atoms with Crippen molar-refractivity contribution in [2.24, 2.45) is 5.73 Å². The van der Waals surface area contributed by atoms with Crippen LogP contribution in [0.2, 0.25) is 0 Å². The predicted molar refractivity (Wildman–Crippen MR) is 113 cm³/mol. The lowest BCUT2D eigenvalue weighted by atomic mass is 10.0. The average molecular weight is 667 g/mol. The zero-order valence-electron chi connectivity index (χ0n) is 11.9. The molecule has 0 fully saturated rings. The summed E-state index contributed by atoms with van der Waals surface area (Å²) in [6.07, 6.45) is -1.30. The van der Waals surface area contributed by atoms with E-state index in [1.54, 1.807) is 30.3 Å². The minimum Gasteiger partial charge on any atom is -0.506 e. The third-order valence-electron chi connectivity index (χ3n) is 3.14. The van der Waals surface area contributed by atoms with Gasteiger partial charge < -0.3 is 25.8 Å². The molecule has 0 bridgehead atoms. The molecule has 2 aromatic rings. The van der Waals surface area contributed by atoms with Crippen LogP contribution in [0.1, 0.15) is 11.7 Å². The van der Waals surface area contributed by atoms with Crippen molar-refractivity contribution >= 4 is 73.7 Å². The number of aliphatic hydroxyl groups is 1. The van der Waals surface area contributed by atoms with Crippen molar-refractivity contribution in [2.75, 3.05) is 0 Å². The van der Waals surface area contributed by atoms with Crippen LogP contribution in [0.5, 0.6) is 17.2 Å². The van der Waals surface area contributed by atoms with Crippen LogP contribution in [0.15, 0.2) is 30.3 Å². The second-order valence-electron chi connectivity index (χ2n) is 4.84. The molecule has 0 aromatic heterocycles. The first-order valence-corrected chi connectivity index (χ1v) is 9.76. The van der Waals surface area contributed by atoms with Crippen LogP contribution in [0.3, 0.4) is 0 Å². The number of rotatable bonds is 5. The Labute approximate surface area is 178 Å². The minimum atomic E-state index is -1.40. The maximum Gasteiger partial charge on any atom is 0.323 e. The molecule has 2 atom stereocenters. The molecule has 0 heterocycles. The average Bonchev–Trinajstić information content (AvgIpc) is 2.52. The number of hydrogen-bond donors (Lipinski definition) is 4. The van der Waals surface area contributed by atoms with Gasteiger partial charge in [0.05, 0.1) is 10.7 Å². The van der Waals surface area contributed by atoms with Gasteiger partial charge in [-0.2, -0.15) is 0 Å². The molecule has 0 aliphatic heterocycles. The molecule has 2 unspecified atom stereocenters. The van der Waals surface area contributed by atoms with Gasteiger partial charge in [-0.05, 0) is 97.6 Å². The highest BCUT2D eigenvalue weighted by molar-refractivity contribution is 14.1. The first kappa shape index (κ1) is 19.9. The highest BCUT2D eigenvalue weighted by Gasteiger charge is 2.24. The lowest BCUT2D eigenvalue weighted by Crippen LogP contribution is -2.36. The van der Waals surface area contributed by atoms with Gasteiger partial charge in [0, 0.05) is 0 Å². The summed E-state index contributed by atoms with van der Waals surface area (Å²) in [4.78, 5) is 10.9. The molecular weight excluding hydrogens is 655 g/mol. The Morgan fingerprint density at radius 1 is 1.08 bits per heavy atom. The fraction of sp³-hybridized carbons (Fsp3) is 0.133. The number of ether oxygens (including phenoxy) is 1. The van der Waals surface area contributed by atoms with E-state index < -0.39 is 18.1 Å². The van der Waals surface area contributed by atoms with E-state index >= 15 is 0 Å². The molecule has 0 saturated heterocycles. The van der Waals surface area contributed by atoms with Crippen LogP contribution in [-0.2, 0) is 4.79 Å². The molecule has 0 amide bonds. The number of nitrogens with two attached hydrogens (primary N) is 1. The Balaban J connectivity index is 2.26. The van der Waals surface area contributed by atoms with Crippen LogP contribution in [0.25, 0.3) is 0 Å². The summed E-state index contributed by atoms with van der Waals surface area (Å²) in [5, 5.41) is 28.6. The van der Waals surface area contributed by atoms with Crippen LogP contribution in [-0.4, -0.2) is 27.3 Å². The molecule has 0 aliphatic carbocycles.